The van der Waals surface area contributed by atoms with Crippen LogP contribution in [0.4, 0.5) is 4.39 Å². The fourth-order valence-corrected chi connectivity index (χ4v) is 3.31. The average Bonchev–Trinajstić information content (AvgIpc) is 2.53. The standard InChI is InChI=1S/C19H29FN2O2/c1-13(2)11-22(19(24)16-8-9-21-14(3)10-16)12-18(23)15-4-6-17(20)7-5-15/h4-7,13-14,16,18,21,23H,8-12H2,1-3H3/t14-,16-,18?/m0/s1. The fourth-order valence-electron chi connectivity index (χ4n) is 3.31. The maximum atomic E-state index is 13.0. The van der Waals surface area contributed by atoms with Gasteiger partial charge in [-0.15, -0.1) is 0 Å². The first-order valence-corrected chi connectivity index (χ1v) is 8.82. The van der Waals surface area contributed by atoms with E-state index < -0.39 is 6.10 Å². The van der Waals surface area contributed by atoms with Crippen LogP contribution in [0.5, 0.6) is 0 Å². The topological polar surface area (TPSA) is 52.6 Å². The Morgan fingerprint density at radius 3 is 2.58 bits per heavy atom. The third-order valence-electron chi connectivity index (χ3n) is 4.52. The van der Waals surface area contributed by atoms with Crippen LogP contribution in [0.15, 0.2) is 24.3 Å². The number of hydrogen-bond acceptors (Lipinski definition) is 3. The summed E-state index contributed by atoms with van der Waals surface area (Å²) in [6, 6.07) is 6.16. The van der Waals surface area contributed by atoms with Crippen LogP contribution in [-0.2, 0) is 4.79 Å². The highest BCUT2D eigenvalue weighted by molar-refractivity contribution is 5.79. The molecule has 0 aromatic heterocycles. The van der Waals surface area contributed by atoms with Crippen LogP contribution < -0.4 is 5.32 Å². The van der Waals surface area contributed by atoms with Crippen molar-refractivity contribution in [3.63, 3.8) is 0 Å². The second-order valence-electron chi connectivity index (χ2n) is 7.28. The lowest BCUT2D eigenvalue weighted by Gasteiger charge is -2.34. The molecule has 0 saturated carbocycles. The molecule has 1 aliphatic rings. The number of nitrogens with zero attached hydrogens (tertiary/aromatic N) is 1. The number of carbonyl (C=O) groups is 1. The van der Waals surface area contributed by atoms with Crippen LogP contribution >= 0.6 is 0 Å². The minimum atomic E-state index is -0.799. The number of nitrogens with one attached hydrogen (secondary N) is 1. The van der Waals surface area contributed by atoms with E-state index in [1.54, 1.807) is 17.0 Å². The minimum Gasteiger partial charge on any atom is -0.387 e. The average molecular weight is 336 g/mol. The molecule has 1 saturated heterocycles. The van der Waals surface area contributed by atoms with Gasteiger partial charge in [0.25, 0.3) is 0 Å². The molecule has 1 amide bonds. The Morgan fingerprint density at radius 2 is 2.00 bits per heavy atom. The van der Waals surface area contributed by atoms with Gasteiger partial charge >= 0.3 is 0 Å². The Labute approximate surface area is 144 Å². The highest BCUT2D eigenvalue weighted by Gasteiger charge is 2.30. The molecule has 5 heteroatoms. The molecule has 1 aliphatic heterocycles. The number of carbonyl (C=O) groups excluding carboxylic acids is 1. The number of hydrogen-bond donors (Lipinski definition) is 2. The van der Waals surface area contributed by atoms with Gasteiger partial charge in [0.2, 0.25) is 5.91 Å². The molecule has 134 valence electrons. The van der Waals surface area contributed by atoms with Crippen molar-refractivity contribution in [2.24, 2.45) is 11.8 Å². The molecule has 1 aromatic rings. The molecule has 1 fully saturated rings. The lowest BCUT2D eigenvalue weighted by molar-refractivity contribution is -0.138. The van der Waals surface area contributed by atoms with Gasteiger partial charge in [-0.25, -0.2) is 4.39 Å². The van der Waals surface area contributed by atoms with Gasteiger partial charge < -0.3 is 15.3 Å². The molecular formula is C19H29FN2O2. The molecule has 2 rings (SSSR count). The van der Waals surface area contributed by atoms with Gasteiger partial charge in [0, 0.05) is 18.5 Å². The Hall–Kier alpha value is -1.46. The van der Waals surface area contributed by atoms with E-state index in [4.69, 9.17) is 0 Å². The summed E-state index contributed by atoms with van der Waals surface area (Å²) in [4.78, 5) is 14.7. The summed E-state index contributed by atoms with van der Waals surface area (Å²) in [5, 5.41) is 13.8. The van der Waals surface area contributed by atoms with Crippen molar-refractivity contribution in [3.05, 3.63) is 35.6 Å². The van der Waals surface area contributed by atoms with E-state index in [1.807, 2.05) is 0 Å². The summed E-state index contributed by atoms with van der Waals surface area (Å²) in [6.45, 7) is 7.95. The minimum absolute atomic E-state index is 0.0143. The van der Waals surface area contributed by atoms with Gasteiger partial charge in [0.15, 0.2) is 0 Å². The van der Waals surface area contributed by atoms with Crippen LogP contribution in [0.2, 0.25) is 0 Å². The molecule has 1 heterocycles. The zero-order chi connectivity index (χ0) is 17.7. The summed E-state index contributed by atoms with van der Waals surface area (Å²) >= 11 is 0. The lowest BCUT2D eigenvalue weighted by Crippen LogP contribution is -2.46. The van der Waals surface area contributed by atoms with Crippen molar-refractivity contribution in [1.29, 1.82) is 0 Å². The van der Waals surface area contributed by atoms with Crippen molar-refractivity contribution in [3.8, 4) is 0 Å². The Balaban J connectivity index is 2.06. The van der Waals surface area contributed by atoms with Gasteiger partial charge in [-0.1, -0.05) is 26.0 Å². The van der Waals surface area contributed by atoms with Crippen molar-refractivity contribution in [2.75, 3.05) is 19.6 Å². The van der Waals surface area contributed by atoms with Gasteiger partial charge in [-0.3, -0.25) is 4.79 Å². The molecule has 0 spiro atoms. The van der Waals surface area contributed by atoms with Crippen LogP contribution in [0.1, 0.15) is 45.3 Å². The van der Waals surface area contributed by atoms with Crippen molar-refractivity contribution in [1.82, 2.24) is 10.2 Å². The van der Waals surface area contributed by atoms with E-state index in [9.17, 15) is 14.3 Å². The Morgan fingerprint density at radius 1 is 1.33 bits per heavy atom. The van der Waals surface area contributed by atoms with E-state index in [2.05, 4.69) is 26.1 Å². The van der Waals surface area contributed by atoms with E-state index in [-0.39, 0.29) is 24.2 Å². The maximum absolute atomic E-state index is 13.0. The van der Waals surface area contributed by atoms with E-state index in [1.165, 1.54) is 12.1 Å². The first-order chi connectivity index (χ1) is 11.4. The summed E-state index contributed by atoms with van der Waals surface area (Å²) < 4.78 is 13.0. The number of rotatable bonds is 6. The lowest BCUT2D eigenvalue weighted by atomic mass is 9.91. The quantitative estimate of drug-likeness (QED) is 0.840. The summed E-state index contributed by atoms with van der Waals surface area (Å²) in [5.74, 6) is 0.136. The normalized spacial score (nSPS) is 22.4. The molecule has 2 N–H and O–H groups in total. The second kappa shape index (κ2) is 8.58. The monoisotopic (exact) mass is 336 g/mol. The molecule has 0 bridgehead atoms. The zero-order valence-electron chi connectivity index (χ0n) is 14.8. The molecule has 0 aliphatic carbocycles. The third-order valence-corrected chi connectivity index (χ3v) is 4.52. The van der Waals surface area contributed by atoms with Gasteiger partial charge in [-0.2, -0.15) is 0 Å². The first-order valence-electron chi connectivity index (χ1n) is 8.82. The summed E-state index contributed by atoms with van der Waals surface area (Å²) in [5.41, 5.74) is 0.636. The molecule has 4 nitrogen and oxygen atoms in total. The molecule has 1 unspecified atom stereocenters. The largest absolute Gasteiger partial charge is 0.387 e. The van der Waals surface area contributed by atoms with E-state index in [0.29, 0.717) is 24.1 Å². The number of piperidine rings is 1. The molecule has 3 atom stereocenters. The zero-order valence-corrected chi connectivity index (χ0v) is 14.8. The SMILES string of the molecule is CC(C)CN(CC(O)c1ccc(F)cc1)C(=O)[C@H]1CCN[C@@H](C)C1. The van der Waals surface area contributed by atoms with Gasteiger partial charge in [0.05, 0.1) is 12.6 Å². The number of halogens is 1. The highest BCUT2D eigenvalue weighted by atomic mass is 19.1. The molecular weight excluding hydrogens is 307 g/mol. The second-order valence-corrected chi connectivity index (χ2v) is 7.28. The van der Waals surface area contributed by atoms with Crippen molar-refractivity contribution < 1.29 is 14.3 Å². The highest BCUT2D eigenvalue weighted by Crippen LogP contribution is 2.22. The van der Waals surface area contributed by atoms with Gasteiger partial charge in [-0.05, 0) is 49.9 Å². The molecule has 24 heavy (non-hydrogen) atoms. The number of aliphatic hydroxyl groups is 1. The van der Waals surface area contributed by atoms with E-state index >= 15 is 0 Å². The van der Waals surface area contributed by atoms with Crippen LogP contribution in [0.3, 0.4) is 0 Å². The fraction of sp³-hybridized carbons (Fsp3) is 0.632. The smallest absolute Gasteiger partial charge is 0.225 e. The molecule has 0 radical (unpaired) electrons. The maximum Gasteiger partial charge on any atom is 0.225 e. The predicted molar refractivity (Wildman–Crippen MR) is 93.0 cm³/mol. The third kappa shape index (κ3) is 5.28. The number of benzene rings is 1. The predicted octanol–water partition coefficient (Wildman–Crippen LogP) is 2.73. The van der Waals surface area contributed by atoms with Crippen LogP contribution in [0, 0.1) is 17.7 Å². The van der Waals surface area contributed by atoms with Crippen molar-refractivity contribution >= 4 is 5.91 Å². The Kier molecular flexibility index (Phi) is 6.75. The van der Waals surface area contributed by atoms with Crippen LogP contribution in [0.25, 0.3) is 0 Å². The number of aliphatic hydroxyl groups excluding tert-OH is 1. The van der Waals surface area contributed by atoms with Gasteiger partial charge in [0.1, 0.15) is 5.82 Å². The first kappa shape index (κ1) is 18.9. The van der Waals surface area contributed by atoms with Crippen molar-refractivity contribution in [2.45, 2.75) is 45.8 Å². The number of amides is 1. The van der Waals surface area contributed by atoms with E-state index in [0.717, 1.165) is 19.4 Å². The van der Waals surface area contributed by atoms with Crippen LogP contribution in [-0.4, -0.2) is 41.6 Å². The summed E-state index contributed by atoms with van der Waals surface area (Å²) in [7, 11) is 0. The molecule has 1 aromatic carbocycles. The Bertz CT molecular complexity index is 533. The summed E-state index contributed by atoms with van der Waals surface area (Å²) in [6.07, 6.45) is 0.872.